The number of hydrogen-bond acceptors (Lipinski definition) is 1. The summed E-state index contributed by atoms with van der Waals surface area (Å²) >= 11 is 3.64. The molecular weight excluding hydrogens is 238 g/mol. The van der Waals surface area contributed by atoms with Gasteiger partial charge >= 0.3 is 0 Å². The Bertz CT molecular complexity index is 307. The van der Waals surface area contributed by atoms with E-state index in [2.05, 4.69) is 41.9 Å². The highest BCUT2D eigenvalue weighted by atomic mass is 79.9. The van der Waals surface area contributed by atoms with Crippen LogP contribution < -0.4 is 5.73 Å². The molecule has 0 heterocycles. The van der Waals surface area contributed by atoms with Gasteiger partial charge < -0.3 is 5.73 Å². The SMILES string of the molecule is Cc1cc(C)c(Br)c(CCCCN)c1. The van der Waals surface area contributed by atoms with Gasteiger partial charge in [0.15, 0.2) is 0 Å². The number of unbranched alkanes of at least 4 members (excludes halogenated alkanes) is 1. The number of benzene rings is 1. The Labute approximate surface area is 94.8 Å². The molecule has 0 atom stereocenters. The molecule has 0 saturated heterocycles. The lowest BCUT2D eigenvalue weighted by Gasteiger charge is -2.08. The summed E-state index contributed by atoms with van der Waals surface area (Å²) in [6.45, 7) is 5.08. The standard InChI is InChI=1S/C12H18BrN/c1-9-7-10(2)12(13)11(8-9)5-3-4-6-14/h7-8H,3-6,14H2,1-2H3. The zero-order chi connectivity index (χ0) is 10.6. The number of nitrogens with two attached hydrogens (primary N) is 1. The van der Waals surface area contributed by atoms with Crippen molar-refractivity contribution in [2.75, 3.05) is 6.54 Å². The third-order valence-electron chi connectivity index (χ3n) is 2.37. The van der Waals surface area contributed by atoms with Crippen LogP contribution in [0.2, 0.25) is 0 Å². The van der Waals surface area contributed by atoms with Crippen molar-refractivity contribution in [2.45, 2.75) is 33.1 Å². The summed E-state index contributed by atoms with van der Waals surface area (Å²) in [4.78, 5) is 0. The van der Waals surface area contributed by atoms with Crippen LogP contribution >= 0.6 is 15.9 Å². The van der Waals surface area contributed by atoms with Crippen molar-refractivity contribution < 1.29 is 0 Å². The van der Waals surface area contributed by atoms with E-state index in [-0.39, 0.29) is 0 Å². The van der Waals surface area contributed by atoms with Crippen molar-refractivity contribution in [3.63, 3.8) is 0 Å². The smallest absolute Gasteiger partial charge is 0.0236 e. The summed E-state index contributed by atoms with van der Waals surface area (Å²) in [5.74, 6) is 0. The molecule has 0 spiro atoms. The van der Waals surface area contributed by atoms with Crippen molar-refractivity contribution in [1.29, 1.82) is 0 Å². The minimum atomic E-state index is 0.794. The van der Waals surface area contributed by atoms with Crippen LogP contribution in [0.5, 0.6) is 0 Å². The summed E-state index contributed by atoms with van der Waals surface area (Å²) in [5, 5.41) is 0. The second-order valence-electron chi connectivity index (χ2n) is 3.80. The van der Waals surface area contributed by atoms with Gasteiger partial charge in [0.25, 0.3) is 0 Å². The van der Waals surface area contributed by atoms with E-state index < -0.39 is 0 Å². The molecule has 0 amide bonds. The molecular formula is C12H18BrN. The first kappa shape index (κ1) is 11.7. The normalized spacial score (nSPS) is 10.6. The van der Waals surface area contributed by atoms with E-state index in [1.165, 1.54) is 27.6 Å². The third-order valence-corrected chi connectivity index (χ3v) is 3.51. The number of halogens is 1. The van der Waals surface area contributed by atoms with Crippen molar-refractivity contribution in [3.05, 3.63) is 33.3 Å². The summed E-state index contributed by atoms with van der Waals surface area (Å²) in [5.41, 5.74) is 9.56. The Kier molecular flexibility index (Phi) is 4.63. The van der Waals surface area contributed by atoms with Crippen molar-refractivity contribution in [1.82, 2.24) is 0 Å². The van der Waals surface area contributed by atoms with Crippen LogP contribution in [0.25, 0.3) is 0 Å². The fraction of sp³-hybridized carbons (Fsp3) is 0.500. The molecule has 1 rings (SSSR count). The lowest BCUT2D eigenvalue weighted by molar-refractivity contribution is 0.742. The van der Waals surface area contributed by atoms with E-state index in [0.29, 0.717) is 0 Å². The predicted molar refractivity (Wildman–Crippen MR) is 65.6 cm³/mol. The topological polar surface area (TPSA) is 26.0 Å². The highest BCUT2D eigenvalue weighted by Gasteiger charge is 2.03. The van der Waals surface area contributed by atoms with Crippen LogP contribution in [-0.4, -0.2) is 6.54 Å². The van der Waals surface area contributed by atoms with Crippen molar-refractivity contribution in [2.24, 2.45) is 5.73 Å². The lowest BCUT2D eigenvalue weighted by Crippen LogP contribution is -1.99. The van der Waals surface area contributed by atoms with E-state index in [0.717, 1.165) is 19.4 Å². The maximum absolute atomic E-state index is 5.48. The Morgan fingerprint density at radius 1 is 1.21 bits per heavy atom. The maximum atomic E-state index is 5.48. The van der Waals surface area contributed by atoms with E-state index in [4.69, 9.17) is 5.73 Å². The van der Waals surface area contributed by atoms with Crippen LogP contribution in [0.4, 0.5) is 0 Å². The molecule has 0 unspecified atom stereocenters. The van der Waals surface area contributed by atoms with E-state index >= 15 is 0 Å². The highest BCUT2D eigenvalue weighted by molar-refractivity contribution is 9.10. The Hall–Kier alpha value is -0.340. The molecule has 78 valence electrons. The first-order valence-corrected chi connectivity index (χ1v) is 5.90. The Morgan fingerprint density at radius 2 is 1.93 bits per heavy atom. The van der Waals surface area contributed by atoms with Gasteiger partial charge in [-0.3, -0.25) is 0 Å². The first-order valence-electron chi connectivity index (χ1n) is 5.11. The fourth-order valence-corrected chi connectivity index (χ4v) is 2.11. The zero-order valence-electron chi connectivity index (χ0n) is 8.94. The Morgan fingerprint density at radius 3 is 2.57 bits per heavy atom. The summed E-state index contributed by atoms with van der Waals surface area (Å²) in [7, 11) is 0. The van der Waals surface area contributed by atoms with Gasteiger partial charge in [-0.1, -0.05) is 33.6 Å². The van der Waals surface area contributed by atoms with E-state index in [9.17, 15) is 0 Å². The first-order chi connectivity index (χ1) is 6.65. The molecule has 0 fully saturated rings. The Balaban J connectivity index is 2.75. The number of aryl methyl sites for hydroxylation is 3. The predicted octanol–water partition coefficient (Wildman–Crippen LogP) is 3.35. The molecule has 14 heavy (non-hydrogen) atoms. The van der Waals surface area contributed by atoms with Gasteiger partial charge in [-0.15, -0.1) is 0 Å². The summed E-state index contributed by atoms with van der Waals surface area (Å²) in [6.07, 6.45) is 3.41. The quantitative estimate of drug-likeness (QED) is 0.821. The molecule has 0 saturated carbocycles. The van der Waals surface area contributed by atoms with Gasteiger partial charge in [-0.25, -0.2) is 0 Å². The average molecular weight is 256 g/mol. The second-order valence-corrected chi connectivity index (χ2v) is 4.59. The molecule has 2 N–H and O–H groups in total. The van der Waals surface area contributed by atoms with Crippen LogP contribution in [0.1, 0.15) is 29.5 Å². The van der Waals surface area contributed by atoms with E-state index in [1.807, 2.05) is 0 Å². The molecule has 0 aliphatic carbocycles. The number of rotatable bonds is 4. The van der Waals surface area contributed by atoms with E-state index in [1.54, 1.807) is 0 Å². The number of hydrogen-bond donors (Lipinski definition) is 1. The minimum Gasteiger partial charge on any atom is -0.330 e. The van der Waals surface area contributed by atoms with Gasteiger partial charge in [0.05, 0.1) is 0 Å². The summed E-state index contributed by atoms with van der Waals surface area (Å²) < 4.78 is 1.26. The van der Waals surface area contributed by atoms with Crippen LogP contribution in [0.3, 0.4) is 0 Å². The van der Waals surface area contributed by atoms with Gasteiger partial charge in [0, 0.05) is 4.47 Å². The maximum Gasteiger partial charge on any atom is 0.0236 e. The van der Waals surface area contributed by atoms with Gasteiger partial charge in [-0.05, 0) is 50.8 Å². The molecule has 0 bridgehead atoms. The summed E-state index contributed by atoms with van der Waals surface area (Å²) in [6, 6.07) is 4.46. The second kappa shape index (κ2) is 5.52. The van der Waals surface area contributed by atoms with Gasteiger partial charge in [-0.2, -0.15) is 0 Å². The molecule has 0 radical (unpaired) electrons. The largest absolute Gasteiger partial charge is 0.330 e. The van der Waals surface area contributed by atoms with Crippen LogP contribution in [-0.2, 0) is 6.42 Å². The monoisotopic (exact) mass is 255 g/mol. The molecule has 0 aromatic heterocycles. The lowest BCUT2D eigenvalue weighted by atomic mass is 10.0. The molecule has 1 aromatic carbocycles. The fourth-order valence-electron chi connectivity index (χ4n) is 1.68. The zero-order valence-corrected chi connectivity index (χ0v) is 10.5. The van der Waals surface area contributed by atoms with Crippen molar-refractivity contribution in [3.8, 4) is 0 Å². The average Bonchev–Trinajstić information content (AvgIpc) is 2.13. The molecule has 1 aromatic rings. The van der Waals surface area contributed by atoms with Gasteiger partial charge in [0.1, 0.15) is 0 Å². The van der Waals surface area contributed by atoms with Gasteiger partial charge in [0.2, 0.25) is 0 Å². The van der Waals surface area contributed by atoms with Crippen LogP contribution in [0, 0.1) is 13.8 Å². The molecule has 0 aliphatic heterocycles. The molecule has 2 heteroatoms. The molecule has 1 nitrogen and oxygen atoms in total. The minimum absolute atomic E-state index is 0.794. The van der Waals surface area contributed by atoms with Crippen LogP contribution in [0.15, 0.2) is 16.6 Å². The third kappa shape index (κ3) is 3.10. The van der Waals surface area contributed by atoms with Crippen molar-refractivity contribution >= 4 is 15.9 Å². The highest BCUT2D eigenvalue weighted by Crippen LogP contribution is 2.24. The molecule has 0 aliphatic rings.